The molecule has 0 spiro atoms. The lowest BCUT2D eigenvalue weighted by molar-refractivity contribution is 0.0940. The van der Waals surface area contributed by atoms with Gasteiger partial charge < -0.3 is 5.32 Å². The van der Waals surface area contributed by atoms with Crippen LogP contribution >= 0.6 is 0 Å². The van der Waals surface area contributed by atoms with E-state index in [4.69, 9.17) is 0 Å². The first-order chi connectivity index (χ1) is 13.2. The summed E-state index contributed by atoms with van der Waals surface area (Å²) < 4.78 is 26.7. The first-order valence-electron chi connectivity index (χ1n) is 9.39. The summed E-state index contributed by atoms with van der Waals surface area (Å²) in [6.07, 6.45) is 3.44. The normalized spacial score (nSPS) is 14.6. The molecule has 28 heavy (non-hydrogen) atoms. The molecule has 2 aromatic rings. The number of nitrogens with one attached hydrogen (secondary N) is 1. The minimum atomic E-state index is -3.56. The van der Waals surface area contributed by atoms with Gasteiger partial charge in [-0.05, 0) is 67.1 Å². The standard InChI is InChI=1S/C21H27N3O3S/c1-15(18-9-8-16-6-5-7-19(16)14-18)22-21(25)17-10-12-20(13-11-17)24(4)28(26,27)23(2)3/h8-15H,5-7H2,1-4H3,(H,22,25)/t15-/m0/s1. The van der Waals surface area contributed by atoms with Crippen molar-refractivity contribution in [3.63, 3.8) is 0 Å². The Morgan fingerprint density at radius 1 is 1.00 bits per heavy atom. The fourth-order valence-electron chi connectivity index (χ4n) is 3.43. The van der Waals surface area contributed by atoms with Gasteiger partial charge in [-0.3, -0.25) is 9.10 Å². The third kappa shape index (κ3) is 4.05. The van der Waals surface area contributed by atoms with Crippen molar-refractivity contribution >= 4 is 21.8 Å². The zero-order valence-electron chi connectivity index (χ0n) is 16.8. The molecule has 1 aliphatic carbocycles. The van der Waals surface area contributed by atoms with E-state index < -0.39 is 10.2 Å². The molecule has 3 rings (SSSR count). The first kappa shape index (κ1) is 20.4. The van der Waals surface area contributed by atoms with Gasteiger partial charge in [0.25, 0.3) is 5.91 Å². The van der Waals surface area contributed by atoms with Crippen LogP contribution in [0.5, 0.6) is 0 Å². The number of carbonyl (C=O) groups excluding carboxylic acids is 1. The molecular formula is C21H27N3O3S. The maximum atomic E-state index is 12.6. The largest absolute Gasteiger partial charge is 0.346 e. The van der Waals surface area contributed by atoms with Gasteiger partial charge in [-0.15, -0.1) is 0 Å². The van der Waals surface area contributed by atoms with Crippen LogP contribution in [-0.4, -0.2) is 39.8 Å². The van der Waals surface area contributed by atoms with Crippen LogP contribution in [0.3, 0.4) is 0 Å². The van der Waals surface area contributed by atoms with E-state index in [9.17, 15) is 13.2 Å². The van der Waals surface area contributed by atoms with Crippen molar-refractivity contribution in [3.8, 4) is 0 Å². The Kier molecular flexibility index (Phi) is 5.76. The van der Waals surface area contributed by atoms with Crippen molar-refractivity contribution in [1.82, 2.24) is 9.62 Å². The lowest BCUT2D eigenvalue weighted by Gasteiger charge is -2.23. The fraction of sp³-hybridized carbons (Fsp3) is 0.381. The Hall–Kier alpha value is -2.38. The molecular weight excluding hydrogens is 374 g/mol. The van der Waals surface area contributed by atoms with Gasteiger partial charge in [0.2, 0.25) is 0 Å². The van der Waals surface area contributed by atoms with E-state index in [1.807, 2.05) is 6.92 Å². The highest BCUT2D eigenvalue weighted by Crippen LogP contribution is 2.25. The van der Waals surface area contributed by atoms with E-state index in [0.29, 0.717) is 11.3 Å². The van der Waals surface area contributed by atoms with Crippen molar-refractivity contribution < 1.29 is 13.2 Å². The first-order valence-corrected chi connectivity index (χ1v) is 10.8. The Bertz CT molecular complexity index is 969. The molecule has 6 nitrogen and oxygen atoms in total. The van der Waals surface area contributed by atoms with E-state index in [1.54, 1.807) is 24.3 Å². The van der Waals surface area contributed by atoms with E-state index in [0.717, 1.165) is 22.7 Å². The lowest BCUT2D eigenvalue weighted by Crippen LogP contribution is -2.37. The van der Waals surface area contributed by atoms with Gasteiger partial charge in [-0.1, -0.05) is 18.2 Å². The molecule has 0 saturated heterocycles. The second-order valence-corrected chi connectivity index (χ2v) is 9.56. The number of rotatable bonds is 6. The summed E-state index contributed by atoms with van der Waals surface area (Å²) in [7, 11) is 0.890. The summed E-state index contributed by atoms with van der Waals surface area (Å²) in [5, 5.41) is 3.02. The molecule has 0 saturated carbocycles. The number of nitrogens with zero attached hydrogens (tertiary/aromatic N) is 2. The molecule has 1 atom stereocenters. The monoisotopic (exact) mass is 401 g/mol. The van der Waals surface area contributed by atoms with Gasteiger partial charge in [0.05, 0.1) is 11.7 Å². The number of aryl methyl sites for hydroxylation is 2. The lowest BCUT2D eigenvalue weighted by atomic mass is 10.0. The molecule has 0 unspecified atom stereocenters. The molecule has 150 valence electrons. The Morgan fingerprint density at radius 3 is 2.29 bits per heavy atom. The van der Waals surface area contributed by atoms with Crippen molar-refractivity contribution in [3.05, 3.63) is 64.7 Å². The van der Waals surface area contributed by atoms with E-state index >= 15 is 0 Å². The number of benzene rings is 2. The smallest absolute Gasteiger partial charge is 0.303 e. The molecule has 1 amide bonds. The van der Waals surface area contributed by atoms with Gasteiger partial charge in [0, 0.05) is 26.7 Å². The highest BCUT2D eigenvalue weighted by molar-refractivity contribution is 7.90. The Balaban J connectivity index is 1.69. The van der Waals surface area contributed by atoms with E-state index in [1.165, 1.54) is 43.0 Å². The molecule has 0 fully saturated rings. The fourth-order valence-corrected chi connectivity index (χ4v) is 4.30. The Labute approximate surface area is 167 Å². The van der Waals surface area contributed by atoms with Crippen LogP contribution in [0.15, 0.2) is 42.5 Å². The predicted molar refractivity (Wildman–Crippen MR) is 112 cm³/mol. The van der Waals surface area contributed by atoms with Crippen molar-refractivity contribution in [2.24, 2.45) is 0 Å². The quantitative estimate of drug-likeness (QED) is 0.809. The number of anilines is 1. The summed E-state index contributed by atoms with van der Waals surface area (Å²) in [6.45, 7) is 1.97. The predicted octanol–water partition coefficient (Wildman–Crippen LogP) is 2.91. The SMILES string of the molecule is C[C@H](NC(=O)c1ccc(N(C)S(=O)(=O)N(C)C)cc1)c1ccc2c(c1)CCC2. The van der Waals surface area contributed by atoms with Crippen molar-refractivity contribution in [2.75, 3.05) is 25.4 Å². The Morgan fingerprint density at radius 2 is 1.64 bits per heavy atom. The average Bonchev–Trinajstić information content (AvgIpc) is 3.15. The third-order valence-electron chi connectivity index (χ3n) is 5.27. The minimum Gasteiger partial charge on any atom is -0.346 e. The molecule has 7 heteroatoms. The molecule has 1 N–H and O–H groups in total. The van der Waals surface area contributed by atoms with E-state index in [2.05, 4.69) is 23.5 Å². The van der Waals surface area contributed by atoms with Gasteiger partial charge in [0.15, 0.2) is 0 Å². The van der Waals surface area contributed by atoms with Crippen LogP contribution in [0.2, 0.25) is 0 Å². The van der Waals surface area contributed by atoms with Crippen LogP contribution in [-0.2, 0) is 23.1 Å². The van der Waals surface area contributed by atoms with Gasteiger partial charge in [-0.25, -0.2) is 0 Å². The van der Waals surface area contributed by atoms with Crippen LogP contribution in [0.4, 0.5) is 5.69 Å². The third-order valence-corrected chi connectivity index (χ3v) is 7.10. The highest BCUT2D eigenvalue weighted by Gasteiger charge is 2.21. The highest BCUT2D eigenvalue weighted by atomic mass is 32.2. The van der Waals surface area contributed by atoms with Crippen molar-refractivity contribution in [1.29, 1.82) is 0 Å². The molecule has 0 aromatic heterocycles. The zero-order chi connectivity index (χ0) is 20.5. The van der Waals surface area contributed by atoms with Crippen LogP contribution in [0.1, 0.15) is 46.4 Å². The molecule has 2 aromatic carbocycles. The number of carbonyl (C=O) groups is 1. The maximum Gasteiger partial charge on any atom is 0.303 e. The van der Waals surface area contributed by atoms with Gasteiger partial charge in [-0.2, -0.15) is 12.7 Å². The topological polar surface area (TPSA) is 69.7 Å². The average molecular weight is 402 g/mol. The summed E-state index contributed by atoms with van der Waals surface area (Å²) in [4.78, 5) is 12.6. The zero-order valence-corrected chi connectivity index (χ0v) is 17.6. The summed E-state index contributed by atoms with van der Waals surface area (Å²) in [5.41, 5.74) is 4.88. The van der Waals surface area contributed by atoms with Gasteiger partial charge >= 0.3 is 10.2 Å². The molecule has 0 bridgehead atoms. The maximum absolute atomic E-state index is 12.6. The summed E-state index contributed by atoms with van der Waals surface area (Å²) >= 11 is 0. The molecule has 1 aliphatic rings. The molecule has 0 radical (unpaired) electrons. The second kappa shape index (κ2) is 7.93. The van der Waals surface area contributed by atoms with Crippen LogP contribution in [0.25, 0.3) is 0 Å². The molecule has 0 aliphatic heterocycles. The number of amides is 1. The van der Waals surface area contributed by atoms with Crippen molar-refractivity contribution in [2.45, 2.75) is 32.2 Å². The van der Waals surface area contributed by atoms with Gasteiger partial charge in [0.1, 0.15) is 0 Å². The summed E-state index contributed by atoms with van der Waals surface area (Å²) in [5.74, 6) is -0.183. The van der Waals surface area contributed by atoms with Crippen LogP contribution in [0, 0.1) is 0 Å². The second-order valence-electron chi connectivity index (χ2n) is 7.38. The summed E-state index contributed by atoms with van der Waals surface area (Å²) in [6, 6.07) is 12.9. The van der Waals surface area contributed by atoms with Crippen LogP contribution < -0.4 is 9.62 Å². The number of hydrogen-bond donors (Lipinski definition) is 1. The van der Waals surface area contributed by atoms with E-state index in [-0.39, 0.29) is 11.9 Å². The number of fused-ring (bicyclic) bond motifs is 1. The number of hydrogen-bond acceptors (Lipinski definition) is 3. The molecule has 0 heterocycles. The minimum absolute atomic E-state index is 0.102.